The Morgan fingerprint density at radius 2 is 1.38 bits per heavy atom. The molecule has 0 aliphatic carbocycles. The zero-order valence-corrected chi connectivity index (χ0v) is 10.4. The van der Waals surface area contributed by atoms with Crippen LogP contribution in [0.25, 0.3) is 0 Å². The molecule has 0 saturated heterocycles. The molecule has 0 spiro atoms. The van der Waals surface area contributed by atoms with Crippen molar-refractivity contribution < 1.29 is 0 Å². The fraction of sp³-hybridized carbons (Fsp3) is 0.500. The van der Waals surface area contributed by atoms with E-state index in [0.29, 0.717) is 5.04 Å². The predicted molar refractivity (Wildman–Crippen MR) is 62.8 cm³/mol. The molecule has 72 valence electrons. The molecule has 13 heavy (non-hydrogen) atoms. The average Bonchev–Trinajstić information content (AvgIpc) is 2.04. The molecule has 0 fully saturated rings. The highest BCUT2D eigenvalue weighted by Gasteiger charge is 2.35. The lowest BCUT2D eigenvalue weighted by Gasteiger charge is -2.37. The van der Waals surface area contributed by atoms with E-state index in [0.717, 1.165) is 0 Å². The summed E-state index contributed by atoms with van der Waals surface area (Å²) in [5.74, 6) is 0. The summed E-state index contributed by atoms with van der Waals surface area (Å²) in [6.07, 6.45) is 0. The van der Waals surface area contributed by atoms with Gasteiger partial charge in [-0.3, -0.25) is 0 Å². The first-order valence-corrected chi connectivity index (χ1v) is 8.41. The quantitative estimate of drug-likeness (QED) is 0.625. The Hall–Kier alpha value is -0.563. The summed E-state index contributed by atoms with van der Waals surface area (Å²) in [4.78, 5) is 0. The molecule has 1 aromatic rings. The largest absolute Gasteiger partial charge is 0.0689 e. The Kier molecular flexibility index (Phi) is 2.67. The molecule has 0 nitrogen and oxygen atoms in total. The van der Waals surface area contributed by atoms with Crippen LogP contribution in [0.5, 0.6) is 0 Å². The summed E-state index contributed by atoms with van der Waals surface area (Å²) in [6.45, 7) is 12.0. The maximum atomic E-state index is 2.43. The Morgan fingerprint density at radius 3 is 1.77 bits per heavy atom. The number of benzene rings is 1. The van der Waals surface area contributed by atoms with Gasteiger partial charge in [0.15, 0.2) is 0 Å². The van der Waals surface area contributed by atoms with Gasteiger partial charge in [-0.25, -0.2) is 0 Å². The first kappa shape index (κ1) is 10.5. The van der Waals surface area contributed by atoms with Gasteiger partial charge in [-0.1, -0.05) is 63.8 Å². The Bertz CT molecular complexity index is 267. The Morgan fingerprint density at radius 1 is 0.923 bits per heavy atom. The molecule has 0 aromatic heterocycles. The molecular formula is C12H20Si. The van der Waals surface area contributed by atoms with E-state index in [1.54, 1.807) is 0 Å². The molecule has 0 N–H and O–H groups in total. The smallest absolute Gasteiger partial charge is 0.0550 e. The second kappa shape index (κ2) is 3.30. The van der Waals surface area contributed by atoms with Crippen LogP contribution in [0, 0.1) is 0 Å². The van der Waals surface area contributed by atoms with Crippen LogP contribution in [0.1, 0.15) is 19.4 Å². The molecule has 1 heteroatoms. The molecular weight excluding hydrogens is 172 g/mol. The topological polar surface area (TPSA) is 0 Å². The van der Waals surface area contributed by atoms with Crippen molar-refractivity contribution in [2.75, 3.05) is 0 Å². The van der Waals surface area contributed by atoms with Crippen molar-refractivity contribution in [3.05, 3.63) is 35.9 Å². The van der Waals surface area contributed by atoms with E-state index in [2.05, 4.69) is 63.8 Å². The lowest BCUT2D eigenvalue weighted by atomic mass is 10.0. The summed E-state index contributed by atoms with van der Waals surface area (Å²) >= 11 is 0. The lowest BCUT2D eigenvalue weighted by Crippen LogP contribution is -2.44. The van der Waals surface area contributed by atoms with Gasteiger partial charge in [-0.15, -0.1) is 0 Å². The molecule has 0 aliphatic heterocycles. The lowest BCUT2D eigenvalue weighted by molar-refractivity contribution is 0.720. The minimum Gasteiger partial charge on any atom is -0.0689 e. The first-order chi connectivity index (χ1) is 5.86. The summed E-state index contributed by atoms with van der Waals surface area (Å²) in [7, 11) is -1.13. The first-order valence-electron chi connectivity index (χ1n) is 4.91. The van der Waals surface area contributed by atoms with Crippen molar-refractivity contribution in [1.29, 1.82) is 0 Å². The van der Waals surface area contributed by atoms with Crippen LogP contribution in [-0.4, -0.2) is 8.07 Å². The van der Waals surface area contributed by atoms with Gasteiger partial charge in [0.05, 0.1) is 8.07 Å². The van der Waals surface area contributed by atoms with Gasteiger partial charge in [0.25, 0.3) is 0 Å². The van der Waals surface area contributed by atoms with Gasteiger partial charge in [0.2, 0.25) is 0 Å². The van der Waals surface area contributed by atoms with Gasteiger partial charge >= 0.3 is 0 Å². The minimum absolute atomic E-state index is 0.369. The third-order valence-electron chi connectivity index (χ3n) is 3.37. The molecule has 0 radical (unpaired) electrons. The number of rotatable bonds is 2. The fourth-order valence-corrected chi connectivity index (χ4v) is 2.32. The van der Waals surface area contributed by atoms with Crippen molar-refractivity contribution in [3.63, 3.8) is 0 Å². The average molecular weight is 192 g/mol. The van der Waals surface area contributed by atoms with Gasteiger partial charge in [0, 0.05) is 0 Å². The third kappa shape index (κ3) is 2.02. The zero-order valence-electron chi connectivity index (χ0n) is 9.39. The van der Waals surface area contributed by atoms with E-state index in [1.807, 2.05) is 0 Å². The highest BCUT2D eigenvalue weighted by molar-refractivity contribution is 6.78. The number of hydrogen-bond acceptors (Lipinski definition) is 0. The molecule has 0 heterocycles. The SMILES string of the molecule is CC(C)(c1ccccc1)[Si](C)(C)C. The third-order valence-corrected chi connectivity index (χ3v) is 7.41. The summed E-state index contributed by atoms with van der Waals surface area (Å²) in [5, 5.41) is 0.369. The predicted octanol–water partition coefficient (Wildman–Crippen LogP) is 3.84. The van der Waals surface area contributed by atoms with Crippen LogP contribution in [0.15, 0.2) is 30.3 Å². The zero-order chi connectivity index (χ0) is 10.1. The summed E-state index contributed by atoms with van der Waals surface area (Å²) in [6, 6.07) is 10.9. The van der Waals surface area contributed by atoms with Crippen molar-refractivity contribution in [2.24, 2.45) is 0 Å². The minimum atomic E-state index is -1.13. The summed E-state index contributed by atoms with van der Waals surface area (Å²) in [5.41, 5.74) is 1.48. The number of hydrogen-bond donors (Lipinski definition) is 0. The molecule has 0 unspecified atom stereocenters. The molecule has 0 saturated carbocycles. The van der Waals surface area contributed by atoms with Gasteiger partial charge in [-0.05, 0) is 10.6 Å². The second-order valence-corrected chi connectivity index (χ2v) is 11.0. The van der Waals surface area contributed by atoms with Gasteiger partial charge < -0.3 is 0 Å². The maximum Gasteiger partial charge on any atom is 0.0550 e. The van der Waals surface area contributed by atoms with E-state index in [9.17, 15) is 0 Å². The molecule has 1 rings (SSSR count). The van der Waals surface area contributed by atoms with E-state index >= 15 is 0 Å². The van der Waals surface area contributed by atoms with Crippen LogP contribution in [0.4, 0.5) is 0 Å². The monoisotopic (exact) mass is 192 g/mol. The Labute approximate surface area is 83.0 Å². The molecule has 0 bridgehead atoms. The van der Waals surface area contributed by atoms with Crippen LogP contribution < -0.4 is 0 Å². The fourth-order valence-electron chi connectivity index (χ4n) is 1.29. The van der Waals surface area contributed by atoms with Crippen molar-refractivity contribution in [1.82, 2.24) is 0 Å². The van der Waals surface area contributed by atoms with Crippen molar-refractivity contribution >= 4 is 8.07 Å². The van der Waals surface area contributed by atoms with Crippen LogP contribution >= 0.6 is 0 Å². The van der Waals surface area contributed by atoms with E-state index in [1.165, 1.54) is 5.56 Å². The van der Waals surface area contributed by atoms with E-state index in [-0.39, 0.29) is 0 Å². The summed E-state index contributed by atoms with van der Waals surface area (Å²) < 4.78 is 0. The molecule has 0 atom stereocenters. The Balaban J connectivity index is 3.08. The van der Waals surface area contributed by atoms with Crippen molar-refractivity contribution in [3.8, 4) is 0 Å². The molecule has 0 aliphatic rings. The second-order valence-electron chi connectivity index (χ2n) is 5.24. The highest BCUT2D eigenvalue weighted by atomic mass is 28.3. The van der Waals surface area contributed by atoms with Crippen molar-refractivity contribution in [2.45, 2.75) is 38.5 Å². The maximum absolute atomic E-state index is 2.43. The highest BCUT2D eigenvalue weighted by Crippen LogP contribution is 2.32. The normalized spacial score (nSPS) is 13.0. The molecule has 1 aromatic carbocycles. The van der Waals surface area contributed by atoms with Crippen LogP contribution in [0.3, 0.4) is 0 Å². The van der Waals surface area contributed by atoms with Crippen LogP contribution in [-0.2, 0) is 5.04 Å². The molecule has 0 amide bonds. The van der Waals surface area contributed by atoms with E-state index in [4.69, 9.17) is 0 Å². The van der Waals surface area contributed by atoms with Gasteiger partial charge in [-0.2, -0.15) is 0 Å². The van der Waals surface area contributed by atoms with Crippen LogP contribution in [0.2, 0.25) is 19.6 Å². The standard InChI is InChI=1S/C12H20Si/c1-12(2,13(3,4)5)11-9-7-6-8-10-11/h6-10H,1-5H3. The van der Waals surface area contributed by atoms with Gasteiger partial charge in [0.1, 0.15) is 0 Å². The van der Waals surface area contributed by atoms with E-state index < -0.39 is 8.07 Å².